The fraction of sp³-hybridized carbons (Fsp3) is 0.933. The Morgan fingerprint density at radius 2 is 1.86 bits per heavy atom. The van der Waals surface area contributed by atoms with Crippen LogP contribution in [0.25, 0.3) is 0 Å². The molecule has 1 saturated carbocycles. The van der Waals surface area contributed by atoms with Crippen molar-refractivity contribution in [1.82, 2.24) is 10.2 Å². The largest absolute Gasteiger partial charge is 0.321 e. The van der Waals surface area contributed by atoms with Gasteiger partial charge in [-0.2, -0.15) is 0 Å². The first-order valence-corrected chi connectivity index (χ1v) is 10.00. The SMILES string of the molecule is CC(C)C1NC(C2CCCC2)N(C2CCS(=O)(=O)C2)C1=O. The number of nitrogens with zero attached hydrogens (tertiary/aromatic N) is 1. The molecule has 0 radical (unpaired) electrons. The molecule has 5 nitrogen and oxygen atoms in total. The van der Waals surface area contributed by atoms with Crippen molar-refractivity contribution in [2.24, 2.45) is 11.8 Å². The Kier molecular flexibility index (Phi) is 4.03. The first-order chi connectivity index (χ1) is 9.89. The van der Waals surface area contributed by atoms with Crippen LogP contribution in [0.2, 0.25) is 0 Å². The summed E-state index contributed by atoms with van der Waals surface area (Å²) in [5.41, 5.74) is 0. The Labute approximate surface area is 127 Å². The van der Waals surface area contributed by atoms with Gasteiger partial charge in [-0.15, -0.1) is 0 Å². The van der Waals surface area contributed by atoms with Gasteiger partial charge in [-0.1, -0.05) is 26.7 Å². The molecule has 21 heavy (non-hydrogen) atoms. The third-order valence-corrected chi connectivity index (χ3v) is 7.04. The van der Waals surface area contributed by atoms with E-state index >= 15 is 0 Å². The predicted molar refractivity (Wildman–Crippen MR) is 81.4 cm³/mol. The van der Waals surface area contributed by atoms with Crippen molar-refractivity contribution in [3.05, 3.63) is 0 Å². The van der Waals surface area contributed by atoms with E-state index in [4.69, 9.17) is 0 Å². The van der Waals surface area contributed by atoms with Gasteiger partial charge in [0.2, 0.25) is 5.91 Å². The summed E-state index contributed by atoms with van der Waals surface area (Å²) in [4.78, 5) is 14.7. The van der Waals surface area contributed by atoms with E-state index in [-0.39, 0.29) is 41.6 Å². The summed E-state index contributed by atoms with van der Waals surface area (Å²) in [6, 6.07) is -0.275. The molecule has 2 heterocycles. The van der Waals surface area contributed by atoms with Crippen molar-refractivity contribution in [3.63, 3.8) is 0 Å². The molecular weight excluding hydrogens is 288 g/mol. The predicted octanol–water partition coefficient (Wildman–Crippen LogP) is 1.15. The van der Waals surface area contributed by atoms with Crippen molar-refractivity contribution < 1.29 is 13.2 Å². The van der Waals surface area contributed by atoms with Gasteiger partial charge in [0, 0.05) is 6.04 Å². The number of rotatable bonds is 3. The maximum Gasteiger partial charge on any atom is 0.241 e. The lowest BCUT2D eigenvalue weighted by Gasteiger charge is -2.33. The van der Waals surface area contributed by atoms with Crippen molar-refractivity contribution in [1.29, 1.82) is 0 Å². The molecule has 3 aliphatic rings. The van der Waals surface area contributed by atoms with Crippen LogP contribution >= 0.6 is 0 Å². The van der Waals surface area contributed by atoms with E-state index in [9.17, 15) is 13.2 Å². The molecule has 3 unspecified atom stereocenters. The van der Waals surface area contributed by atoms with Gasteiger partial charge in [0.25, 0.3) is 0 Å². The highest BCUT2D eigenvalue weighted by Crippen LogP contribution is 2.35. The third-order valence-electron chi connectivity index (χ3n) is 5.29. The zero-order chi connectivity index (χ0) is 15.2. The quantitative estimate of drug-likeness (QED) is 0.848. The van der Waals surface area contributed by atoms with Crippen LogP contribution in [0.1, 0.15) is 46.0 Å². The summed E-state index contributed by atoms with van der Waals surface area (Å²) < 4.78 is 23.6. The Morgan fingerprint density at radius 1 is 1.19 bits per heavy atom. The minimum Gasteiger partial charge on any atom is -0.321 e. The Balaban J connectivity index is 1.84. The van der Waals surface area contributed by atoms with Crippen molar-refractivity contribution in [3.8, 4) is 0 Å². The van der Waals surface area contributed by atoms with E-state index in [0.717, 1.165) is 12.8 Å². The molecule has 0 aromatic rings. The van der Waals surface area contributed by atoms with E-state index in [1.165, 1.54) is 12.8 Å². The fourth-order valence-electron chi connectivity index (χ4n) is 4.15. The van der Waals surface area contributed by atoms with Gasteiger partial charge < -0.3 is 4.90 Å². The smallest absolute Gasteiger partial charge is 0.241 e. The van der Waals surface area contributed by atoms with Crippen molar-refractivity contribution in [2.75, 3.05) is 11.5 Å². The maximum absolute atomic E-state index is 12.8. The minimum absolute atomic E-state index is 0.0469. The summed E-state index contributed by atoms with van der Waals surface area (Å²) in [6.45, 7) is 4.10. The summed E-state index contributed by atoms with van der Waals surface area (Å²) in [7, 11) is -2.96. The maximum atomic E-state index is 12.8. The molecule has 0 bridgehead atoms. The van der Waals surface area contributed by atoms with Crippen LogP contribution in [-0.4, -0.2) is 49.0 Å². The molecule has 120 valence electrons. The highest BCUT2D eigenvalue weighted by molar-refractivity contribution is 7.91. The number of amides is 1. The Morgan fingerprint density at radius 3 is 2.38 bits per heavy atom. The Bertz CT molecular complexity index is 511. The lowest BCUT2D eigenvalue weighted by atomic mass is 10.0. The molecule has 1 aliphatic carbocycles. The summed E-state index contributed by atoms with van der Waals surface area (Å²) in [5.74, 6) is 1.22. The van der Waals surface area contributed by atoms with Crippen molar-refractivity contribution in [2.45, 2.75) is 64.2 Å². The molecule has 3 rings (SSSR count). The van der Waals surface area contributed by atoms with Crippen LogP contribution in [-0.2, 0) is 14.6 Å². The molecule has 3 fully saturated rings. The number of carbonyl (C=O) groups excluding carboxylic acids is 1. The summed E-state index contributed by atoms with van der Waals surface area (Å²) in [6.07, 6.45) is 5.38. The van der Waals surface area contributed by atoms with Gasteiger partial charge in [-0.3, -0.25) is 10.1 Å². The number of sulfone groups is 1. The monoisotopic (exact) mass is 314 g/mol. The number of nitrogens with one attached hydrogen (secondary N) is 1. The number of hydrogen-bond donors (Lipinski definition) is 1. The lowest BCUT2D eigenvalue weighted by Crippen LogP contribution is -2.48. The summed E-state index contributed by atoms with van der Waals surface area (Å²) in [5, 5.41) is 3.52. The minimum atomic E-state index is -2.96. The molecule has 0 aromatic carbocycles. The second-order valence-electron chi connectivity index (χ2n) is 7.18. The van der Waals surface area contributed by atoms with Crippen LogP contribution in [0.3, 0.4) is 0 Å². The van der Waals surface area contributed by atoms with E-state index in [2.05, 4.69) is 19.2 Å². The first-order valence-electron chi connectivity index (χ1n) is 8.18. The van der Waals surface area contributed by atoms with E-state index in [1.807, 2.05) is 4.90 Å². The molecule has 2 saturated heterocycles. The lowest BCUT2D eigenvalue weighted by molar-refractivity contribution is -0.133. The van der Waals surface area contributed by atoms with Gasteiger partial charge in [0.05, 0.1) is 23.7 Å². The molecule has 1 amide bonds. The molecule has 1 N–H and O–H groups in total. The molecule has 0 spiro atoms. The van der Waals surface area contributed by atoms with E-state index in [0.29, 0.717) is 12.3 Å². The first kappa shape index (κ1) is 15.3. The second kappa shape index (κ2) is 5.54. The van der Waals surface area contributed by atoms with Crippen molar-refractivity contribution >= 4 is 15.7 Å². The van der Waals surface area contributed by atoms with Gasteiger partial charge in [0.15, 0.2) is 9.84 Å². The molecule has 2 aliphatic heterocycles. The van der Waals surface area contributed by atoms with Crippen LogP contribution in [0.4, 0.5) is 0 Å². The molecular formula is C15H26N2O3S. The molecule has 3 atom stereocenters. The average molecular weight is 314 g/mol. The van der Waals surface area contributed by atoms with Gasteiger partial charge in [0.1, 0.15) is 0 Å². The van der Waals surface area contributed by atoms with Gasteiger partial charge >= 0.3 is 0 Å². The third kappa shape index (κ3) is 2.84. The number of hydrogen-bond acceptors (Lipinski definition) is 4. The molecule has 0 aromatic heterocycles. The second-order valence-corrected chi connectivity index (χ2v) is 9.41. The highest BCUT2D eigenvalue weighted by atomic mass is 32.2. The standard InChI is InChI=1S/C15H26N2O3S/c1-10(2)13-15(18)17(12-7-8-21(19,20)9-12)14(16-13)11-5-3-4-6-11/h10-14,16H,3-9H2,1-2H3. The summed E-state index contributed by atoms with van der Waals surface area (Å²) >= 11 is 0. The number of carbonyl (C=O) groups is 1. The fourth-order valence-corrected chi connectivity index (χ4v) is 5.86. The van der Waals surface area contributed by atoms with Crippen LogP contribution in [0.15, 0.2) is 0 Å². The molecule has 6 heteroatoms. The van der Waals surface area contributed by atoms with E-state index in [1.54, 1.807) is 0 Å². The zero-order valence-electron chi connectivity index (χ0n) is 12.9. The van der Waals surface area contributed by atoms with Crippen LogP contribution in [0, 0.1) is 11.8 Å². The zero-order valence-corrected chi connectivity index (χ0v) is 13.7. The Hall–Kier alpha value is -0.620. The van der Waals surface area contributed by atoms with E-state index < -0.39 is 9.84 Å². The van der Waals surface area contributed by atoms with Gasteiger partial charge in [-0.25, -0.2) is 8.42 Å². The normalized spacial score (nSPS) is 37.0. The van der Waals surface area contributed by atoms with Gasteiger partial charge in [-0.05, 0) is 31.1 Å². The van der Waals surface area contributed by atoms with Crippen LogP contribution < -0.4 is 5.32 Å². The topological polar surface area (TPSA) is 66.5 Å². The average Bonchev–Trinajstić information content (AvgIpc) is 3.07. The van der Waals surface area contributed by atoms with Crippen LogP contribution in [0.5, 0.6) is 0 Å². The highest BCUT2D eigenvalue weighted by Gasteiger charge is 2.49.